The van der Waals surface area contributed by atoms with E-state index in [-0.39, 0.29) is 11.8 Å². The highest BCUT2D eigenvalue weighted by Gasteiger charge is 2.26. The van der Waals surface area contributed by atoms with E-state index in [2.05, 4.69) is 32.6 Å². The van der Waals surface area contributed by atoms with Crippen LogP contribution in [0.5, 0.6) is 0 Å². The lowest BCUT2D eigenvalue weighted by molar-refractivity contribution is -0.135. The molecule has 1 aliphatic rings. The van der Waals surface area contributed by atoms with Crippen molar-refractivity contribution in [1.82, 2.24) is 19.1 Å². The number of rotatable bonds is 4. The summed E-state index contributed by atoms with van der Waals surface area (Å²) >= 11 is 1.54. The molecule has 1 aromatic carbocycles. The second-order valence-corrected chi connectivity index (χ2v) is 7.25. The minimum Gasteiger partial charge on any atom is -0.352 e. The minimum atomic E-state index is -0.0634. The SMILES string of the molecule is C[C@H](Cn1cccn1)C(=O)N1CCN(c2nsc3ccccc23)CC1. The number of amides is 1. The molecule has 1 saturated heterocycles. The molecule has 0 unspecified atom stereocenters. The van der Waals surface area contributed by atoms with Crippen molar-refractivity contribution >= 4 is 33.3 Å². The first-order valence-corrected chi connectivity index (χ1v) is 9.35. The van der Waals surface area contributed by atoms with Crippen LogP contribution in [0, 0.1) is 5.92 Å². The molecule has 1 fully saturated rings. The van der Waals surface area contributed by atoms with Crippen molar-refractivity contribution in [2.75, 3.05) is 31.1 Å². The molecule has 3 heterocycles. The average molecular weight is 355 g/mol. The summed E-state index contributed by atoms with van der Waals surface area (Å²) in [6, 6.07) is 10.2. The van der Waals surface area contributed by atoms with Gasteiger partial charge in [0, 0.05) is 44.0 Å². The average Bonchev–Trinajstić information content (AvgIpc) is 3.31. The van der Waals surface area contributed by atoms with Gasteiger partial charge in [-0.2, -0.15) is 9.47 Å². The van der Waals surface area contributed by atoms with Crippen LogP contribution in [0.2, 0.25) is 0 Å². The van der Waals surface area contributed by atoms with Crippen molar-refractivity contribution in [3.63, 3.8) is 0 Å². The zero-order valence-corrected chi connectivity index (χ0v) is 15.0. The van der Waals surface area contributed by atoms with E-state index in [9.17, 15) is 4.79 Å². The van der Waals surface area contributed by atoms with Crippen molar-refractivity contribution in [1.29, 1.82) is 0 Å². The van der Waals surface area contributed by atoms with Crippen molar-refractivity contribution < 1.29 is 4.79 Å². The lowest BCUT2D eigenvalue weighted by Gasteiger charge is -2.36. The molecular weight excluding hydrogens is 334 g/mol. The molecule has 7 heteroatoms. The molecular formula is C18H21N5OS. The Balaban J connectivity index is 1.38. The molecule has 6 nitrogen and oxygen atoms in total. The Morgan fingerprint density at radius 3 is 2.76 bits per heavy atom. The van der Waals surface area contributed by atoms with Crippen LogP contribution < -0.4 is 4.90 Å². The summed E-state index contributed by atoms with van der Waals surface area (Å²) in [6.07, 6.45) is 3.64. The summed E-state index contributed by atoms with van der Waals surface area (Å²) in [4.78, 5) is 16.9. The third-order valence-corrected chi connectivity index (χ3v) is 5.51. The van der Waals surface area contributed by atoms with Crippen LogP contribution in [0.15, 0.2) is 42.7 Å². The molecule has 0 saturated carbocycles. The van der Waals surface area contributed by atoms with Gasteiger partial charge in [-0.05, 0) is 29.7 Å². The van der Waals surface area contributed by atoms with Crippen molar-refractivity contribution in [3.8, 4) is 0 Å². The lowest BCUT2D eigenvalue weighted by Crippen LogP contribution is -2.50. The maximum atomic E-state index is 12.7. The van der Waals surface area contributed by atoms with Gasteiger partial charge >= 0.3 is 0 Å². The van der Waals surface area contributed by atoms with Crippen LogP contribution in [-0.2, 0) is 11.3 Å². The van der Waals surface area contributed by atoms with Crippen LogP contribution in [-0.4, -0.2) is 51.1 Å². The monoisotopic (exact) mass is 355 g/mol. The third-order valence-electron chi connectivity index (χ3n) is 4.69. The van der Waals surface area contributed by atoms with Gasteiger partial charge in [0.2, 0.25) is 5.91 Å². The number of nitrogens with zero attached hydrogens (tertiary/aromatic N) is 5. The number of carbonyl (C=O) groups is 1. The molecule has 0 spiro atoms. The molecule has 0 N–H and O–H groups in total. The fourth-order valence-corrected chi connectivity index (χ4v) is 4.11. The molecule has 3 aromatic rings. The maximum Gasteiger partial charge on any atom is 0.227 e. The van der Waals surface area contributed by atoms with Gasteiger partial charge in [-0.1, -0.05) is 19.1 Å². The Hall–Kier alpha value is -2.41. The van der Waals surface area contributed by atoms with E-state index in [0.717, 1.165) is 32.0 Å². The van der Waals surface area contributed by atoms with Crippen molar-refractivity contribution in [2.24, 2.45) is 5.92 Å². The smallest absolute Gasteiger partial charge is 0.227 e. The van der Waals surface area contributed by atoms with E-state index in [4.69, 9.17) is 0 Å². The number of hydrogen-bond acceptors (Lipinski definition) is 5. The van der Waals surface area contributed by atoms with Crippen LogP contribution in [0.25, 0.3) is 10.1 Å². The molecule has 130 valence electrons. The number of aromatic nitrogens is 3. The van der Waals surface area contributed by atoms with Gasteiger partial charge in [-0.15, -0.1) is 0 Å². The number of hydrogen-bond donors (Lipinski definition) is 0. The van der Waals surface area contributed by atoms with Gasteiger partial charge in [-0.3, -0.25) is 9.48 Å². The zero-order chi connectivity index (χ0) is 17.2. The minimum absolute atomic E-state index is 0.0634. The number of anilines is 1. The molecule has 1 atom stereocenters. The highest BCUT2D eigenvalue weighted by molar-refractivity contribution is 7.13. The van der Waals surface area contributed by atoms with Gasteiger partial charge in [0.25, 0.3) is 0 Å². The molecule has 4 rings (SSSR count). The Kier molecular flexibility index (Phi) is 4.40. The largest absolute Gasteiger partial charge is 0.352 e. The topological polar surface area (TPSA) is 54.3 Å². The predicted molar refractivity (Wildman–Crippen MR) is 99.8 cm³/mol. The first kappa shape index (κ1) is 16.1. The number of carbonyl (C=O) groups excluding carboxylic acids is 1. The summed E-state index contributed by atoms with van der Waals surface area (Å²) < 4.78 is 7.66. The Labute approximate surface area is 150 Å². The van der Waals surface area contributed by atoms with Gasteiger partial charge in [0.15, 0.2) is 0 Å². The molecule has 1 aliphatic heterocycles. The highest BCUT2D eigenvalue weighted by Crippen LogP contribution is 2.29. The van der Waals surface area contributed by atoms with Crippen molar-refractivity contribution in [3.05, 3.63) is 42.7 Å². The Bertz CT molecular complexity index is 851. The maximum absolute atomic E-state index is 12.7. The van der Waals surface area contributed by atoms with Crippen LogP contribution in [0.4, 0.5) is 5.82 Å². The highest BCUT2D eigenvalue weighted by atomic mass is 32.1. The molecule has 0 radical (unpaired) electrons. The summed E-state index contributed by atoms with van der Waals surface area (Å²) in [5.74, 6) is 1.20. The third kappa shape index (κ3) is 3.24. The molecule has 0 bridgehead atoms. The van der Waals surface area contributed by atoms with E-state index in [0.29, 0.717) is 6.54 Å². The fourth-order valence-electron chi connectivity index (χ4n) is 3.32. The summed E-state index contributed by atoms with van der Waals surface area (Å²) in [5.41, 5.74) is 0. The molecule has 0 aliphatic carbocycles. The first-order valence-electron chi connectivity index (χ1n) is 8.58. The number of benzene rings is 1. The number of fused-ring (bicyclic) bond motifs is 1. The van der Waals surface area contributed by atoms with Gasteiger partial charge in [0.05, 0.1) is 17.2 Å². The van der Waals surface area contributed by atoms with E-state index < -0.39 is 0 Å². The van der Waals surface area contributed by atoms with Crippen molar-refractivity contribution in [2.45, 2.75) is 13.5 Å². The quantitative estimate of drug-likeness (QED) is 0.721. The summed E-state index contributed by atoms with van der Waals surface area (Å²) in [7, 11) is 0. The number of piperazine rings is 1. The fraction of sp³-hybridized carbons (Fsp3) is 0.389. The molecule has 2 aromatic heterocycles. The van der Waals surface area contributed by atoms with Crippen LogP contribution in [0.3, 0.4) is 0 Å². The van der Waals surface area contributed by atoms with E-state index >= 15 is 0 Å². The zero-order valence-electron chi connectivity index (χ0n) is 14.2. The van der Waals surface area contributed by atoms with E-state index in [1.807, 2.05) is 34.8 Å². The molecule has 1 amide bonds. The molecule has 25 heavy (non-hydrogen) atoms. The van der Waals surface area contributed by atoms with Gasteiger partial charge in [-0.25, -0.2) is 0 Å². The van der Waals surface area contributed by atoms with Crippen LogP contribution >= 0.6 is 11.5 Å². The van der Waals surface area contributed by atoms with E-state index in [1.54, 1.807) is 6.20 Å². The lowest BCUT2D eigenvalue weighted by atomic mass is 10.1. The Morgan fingerprint density at radius 1 is 1.20 bits per heavy atom. The predicted octanol–water partition coefficient (Wildman–Crippen LogP) is 2.48. The summed E-state index contributed by atoms with van der Waals surface area (Å²) in [6.45, 7) is 5.75. The summed E-state index contributed by atoms with van der Waals surface area (Å²) in [5, 5.41) is 5.40. The van der Waals surface area contributed by atoms with Gasteiger partial charge < -0.3 is 9.80 Å². The van der Waals surface area contributed by atoms with Gasteiger partial charge in [0.1, 0.15) is 5.82 Å². The normalized spacial score (nSPS) is 16.4. The first-order chi connectivity index (χ1) is 12.2. The van der Waals surface area contributed by atoms with E-state index in [1.165, 1.54) is 21.6 Å². The van der Waals surface area contributed by atoms with Crippen LogP contribution in [0.1, 0.15) is 6.92 Å². The second-order valence-electron chi connectivity index (χ2n) is 6.44. The second kappa shape index (κ2) is 6.84. The standard InChI is InChI=1S/C18H21N5OS/c1-14(13-23-8-4-7-19-23)18(24)22-11-9-21(10-12-22)17-15-5-2-3-6-16(15)25-20-17/h2-8,14H,9-13H2,1H3/t14-/m1/s1. The Morgan fingerprint density at radius 2 is 2.00 bits per heavy atom.